The molecule has 3 aromatic carbocycles. The van der Waals surface area contributed by atoms with Crippen LogP contribution in [0.4, 0.5) is 54.0 Å². The standard InChI is InChI=1S/C25H13F11N2O2/c1-38(21(39)12-6-3-2-4-7-12)16-9-5-8-14(18(16)26)20-37-19-15(23(28,29)30)10-13(11-17(19)40-20)22(27,24(31,32)33)25(34,35)36/h2-11H,1H3. The van der Waals surface area contributed by atoms with Crippen molar-refractivity contribution < 1.29 is 57.5 Å². The van der Waals surface area contributed by atoms with Crippen molar-refractivity contribution >= 4 is 22.7 Å². The summed E-state index contributed by atoms with van der Waals surface area (Å²) in [6, 6.07) is 9.81. The molecule has 0 aliphatic heterocycles. The number of nitrogens with zero attached hydrogens (tertiary/aromatic N) is 2. The number of hydrogen-bond donors (Lipinski definition) is 0. The van der Waals surface area contributed by atoms with E-state index in [4.69, 9.17) is 4.42 Å². The molecule has 0 unspecified atom stereocenters. The molecule has 212 valence electrons. The third-order valence-corrected chi connectivity index (χ3v) is 5.87. The summed E-state index contributed by atoms with van der Waals surface area (Å²) in [7, 11) is 1.17. The Morgan fingerprint density at radius 3 is 1.98 bits per heavy atom. The van der Waals surface area contributed by atoms with Gasteiger partial charge in [0.15, 0.2) is 11.4 Å². The number of anilines is 1. The van der Waals surface area contributed by atoms with Crippen LogP contribution in [0.3, 0.4) is 0 Å². The number of carbonyl (C=O) groups excluding carboxylic acids is 1. The largest absolute Gasteiger partial charge is 0.436 e. The predicted octanol–water partition coefficient (Wildman–Crippen LogP) is 8.22. The fraction of sp³-hybridized carbons (Fsp3) is 0.200. The lowest BCUT2D eigenvalue weighted by Crippen LogP contribution is -2.50. The maximum absolute atomic E-state index is 15.5. The van der Waals surface area contributed by atoms with E-state index in [1.807, 2.05) is 0 Å². The number of carbonyl (C=O) groups is 1. The van der Waals surface area contributed by atoms with Crippen LogP contribution in [0.1, 0.15) is 21.5 Å². The summed E-state index contributed by atoms with van der Waals surface area (Å²) in [6.45, 7) is 0. The van der Waals surface area contributed by atoms with Gasteiger partial charge in [-0.25, -0.2) is 13.8 Å². The average molecular weight is 582 g/mol. The Balaban J connectivity index is 1.90. The van der Waals surface area contributed by atoms with Crippen molar-refractivity contribution in [2.24, 2.45) is 0 Å². The lowest BCUT2D eigenvalue weighted by molar-refractivity contribution is -0.348. The number of fused-ring (bicyclic) bond motifs is 1. The van der Waals surface area contributed by atoms with Crippen molar-refractivity contribution in [3.8, 4) is 11.5 Å². The lowest BCUT2D eigenvalue weighted by Gasteiger charge is -2.30. The Hall–Kier alpha value is -4.17. The second-order valence-corrected chi connectivity index (χ2v) is 8.41. The van der Waals surface area contributed by atoms with Crippen molar-refractivity contribution in [1.29, 1.82) is 0 Å². The molecule has 0 N–H and O–H groups in total. The average Bonchev–Trinajstić information content (AvgIpc) is 3.29. The molecule has 1 aromatic heterocycles. The van der Waals surface area contributed by atoms with Gasteiger partial charge in [0.2, 0.25) is 5.89 Å². The van der Waals surface area contributed by atoms with Crippen molar-refractivity contribution in [2.45, 2.75) is 24.2 Å². The Labute approximate surface area is 216 Å². The van der Waals surface area contributed by atoms with Gasteiger partial charge in [-0.3, -0.25) is 4.79 Å². The van der Waals surface area contributed by atoms with E-state index in [-0.39, 0.29) is 11.6 Å². The number of aromatic nitrogens is 1. The molecule has 4 aromatic rings. The molecule has 0 radical (unpaired) electrons. The molecule has 0 saturated heterocycles. The number of halogens is 11. The highest BCUT2D eigenvalue weighted by Gasteiger charge is 2.73. The number of hydrogen-bond acceptors (Lipinski definition) is 3. The summed E-state index contributed by atoms with van der Waals surface area (Å²) in [5.41, 5.74) is -14.4. The monoisotopic (exact) mass is 582 g/mol. The molecule has 0 spiro atoms. The van der Waals surface area contributed by atoms with Crippen molar-refractivity contribution in [1.82, 2.24) is 4.98 Å². The number of oxazole rings is 1. The first-order chi connectivity index (χ1) is 18.4. The quantitative estimate of drug-likeness (QED) is 0.228. The van der Waals surface area contributed by atoms with Gasteiger partial charge >= 0.3 is 24.2 Å². The Morgan fingerprint density at radius 1 is 0.825 bits per heavy atom. The topological polar surface area (TPSA) is 46.3 Å². The van der Waals surface area contributed by atoms with E-state index in [0.717, 1.165) is 23.1 Å². The van der Waals surface area contributed by atoms with E-state index in [9.17, 15) is 48.7 Å². The number of amides is 1. The zero-order valence-corrected chi connectivity index (χ0v) is 19.6. The predicted molar refractivity (Wildman–Crippen MR) is 118 cm³/mol. The van der Waals surface area contributed by atoms with Crippen molar-refractivity contribution in [2.75, 3.05) is 11.9 Å². The molecule has 4 nitrogen and oxygen atoms in total. The van der Waals surface area contributed by atoms with Gasteiger partial charge in [-0.1, -0.05) is 24.3 Å². The zero-order valence-electron chi connectivity index (χ0n) is 19.6. The molecule has 0 aliphatic carbocycles. The second kappa shape index (κ2) is 9.48. The van der Waals surface area contributed by atoms with Crippen LogP contribution < -0.4 is 4.90 Å². The SMILES string of the molecule is CN(C(=O)c1ccccc1)c1cccc(-c2nc3c(C(F)(F)F)cc(C(F)(C(F)(F)F)C(F)(F)F)cc3o2)c1F. The van der Waals surface area contributed by atoms with Crippen LogP contribution in [0.2, 0.25) is 0 Å². The summed E-state index contributed by atoms with van der Waals surface area (Å²) in [4.78, 5) is 17.0. The van der Waals surface area contributed by atoms with Gasteiger partial charge in [-0.15, -0.1) is 0 Å². The fourth-order valence-corrected chi connectivity index (χ4v) is 3.88. The van der Waals surface area contributed by atoms with E-state index in [0.29, 0.717) is 0 Å². The molecule has 4 rings (SSSR count). The zero-order chi connectivity index (χ0) is 29.8. The van der Waals surface area contributed by atoms with E-state index >= 15 is 4.39 Å². The Kier molecular flexibility index (Phi) is 6.84. The summed E-state index contributed by atoms with van der Waals surface area (Å²) in [5.74, 6) is -2.95. The molecule has 0 fully saturated rings. The van der Waals surface area contributed by atoms with E-state index in [1.54, 1.807) is 6.07 Å². The minimum atomic E-state index is -6.71. The maximum Gasteiger partial charge on any atom is 0.435 e. The molecule has 15 heteroatoms. The van der Waals surface area contributed by atoms with Crippen molar-refractivity contribution in [3.63, 3.8) is 0 Å². The van der Waals surface area contributed by atoms with Crippen LogP contribution in [-0.4, -0.2) is 30.3 Å². The molecular formula is C25H13F11N2O2. The maximum atomic E-state index is 15.5. The van der Waals surface area contributed by atoms with Gasteiger partial charge < -0.3 is 9.32 Å². The van der Waals surface area contributed by atoms with Crippen LogP contribution in [0.5, 0.6) is 0 Å². The minimum Gasteiger partial charge on any atom is -0.436 e. The normalized spacial score (nSPS) is 13.1. The minimum absolute atomic E-state index is 0.142. The molecule has 1 amide bonds. The fourth-order valence-electron chi connectivity index (χ4n) is 3.88. The molecule has 0 atom stereocenters. The van der Waals surface area contributed by atoms with E-state index < -0.39 is 81.4 Å². The highest BCUT2D eigenvalue weighted by Crippen LogP contribution is 2.54. The highest BCUT2D eigenvalue weighted by atomic mass is 19.4. The van der Waals surface area contributed by atoms with Gasteiger partial charge in [0, 0.05) is 18.2 Å². The second-order valence-electron chi connectivity index (χ2n) is 8.41. The van der Waals surface area contributed by atoms with E-state index in [2.05, 4.69) is 4.98 Å². The van der Waals surface area contributed by atoms with Gasteiger partial charge in [0.05, 0.1) is 16.8 Å². The van der Waals surface area contributed by atoms with Crippen molar-refractivity contribution in [3.05, 3.63) is 83.2 Å². The molecule has 0 aliphatic rings. The molecule has 0 saturated carbocycles. The summed E-state index contributed by atoms with van der Waals surface area (Å²) >= 11 is 0. The summed E-state index contributed by atoms with van der Waals surface area (Å²) in [6.07, 6.45) is -19.0. The van der Waals surface area contributed by atoms with Gasteiger partial charge in [-0.05, 0) is 36.4 Å². The first-order valence-electron chi connectivity index (χ1n) is 10.8. The van der Waals surface area contributed by atoms with Crippen LogP contribution in [0.25, 0.3) is 22.6 Å². The van der Waals surface area contributed by atoms with Crippen LogP contribution in [-0.2, 0) is 11.8 Å². The lowest BCUT2D eigenvalue weighted by atomic mass is 9.92. The first-order valence-corrected chi connectivity index (χ1v) is 10.8. The summed E-state index contributed by atoms with van der Waals surface area (Å²) in [5, 5.41) is 0. The van der Waals surface area contributed by atoms with Crippen LogP contribution in [0.15, 0.2) is 65.1 Å². The third kappa shape index (κ3) is 4.73. The number of rotatable bonds is 4. The van der Waals surface area contributed by atoms with Gasteiger partial charge in [0.25, 0.3) is 5.91 Å². The first kappa shape index (κ1) is 28.8. The molecule has 1 heterocycles. The number of alkyl halides is 10. The smallest absolute Gasteiger partial charge is 0.435 e. The molecule has 0 bridgehead atoms. The third-order valence-electron chi connectivity index (χ3n) is 5.87. The molecule has 40 heavy (non-hydrogen) atoms. The Morgan fingerprint density at radius 2 is 1.43 bits per heavy atom. The number of benzene rings is 3. The summed E-state index contributed by atoms with van der Waals surface area (Å²) < 4.78 is 156. The van der Waals surface area contributed by atoms with Gasteiger partial charge in [0.1, 0.15) is 5.52 Å². The van der Waals surface area contributed by atoms with E-state index in [1.165, 1.54) is 31.3 Å². The van der Waals surface area contributed by atoms with Crippen LogP contribution in [0, 0.1) is 5.82 Å². The Bertz CT molecular complexity index is 1560. The highest BCUT2D eigenvalue weighted by molar-refractivity contribution is 6.06. The molecular weight excluding hydrogens is 569 g/mol. The van der Waals surface area contributed by atoms with Crippen LogP contribution >= 0.6 is 0 Å². The van der Waals surface area contributed by atoms with Gasteiger partial charge in [-0.2, -0.15) is 39.5 Å².